The molecule has 3 heteroatoms. The number of likely N-dealkylation sites (N-methyl/N-ethyl adjacent to an activating group) is 1. The average molecular weight is 115 g/mol. The fourth-order valence-electron chi connectivity index (χ4n) is 0.250. The van der Waals surface area contributed by atoms with Crippen LogP contribution in [0.25, 0.3) is 0 Å². The van der Waals surface area contributed by atoms with Crippen LogP contribution in [-0.2, 0) is 4.79 Å². The first-order valence-corrected chi connectivity index (χ1v) is 2.27. The molecule has 0 bridgehead atoms. The van der Waals surface area contributed by atoms with Crippen LogP contribution in [0.3, 0.4) is 0 Å². The fraction of sp³-hybridized carbons (Fsp3) is 0.400. The molecule has 0 heterocycles. The van der Waals surface area contributed by atoms with Crippen LogP contribution in [0.1, 0.15) is 6.92 Å². The van der Waals surface area contributed by atoms with Crippen LogP contribution < -0.4 is 0 Å². The maximum Gasteiger partial charge on any atom is 0.269 e. The second-order valence-corrected chi connectivity index (χ2v) is 1.36. The Labute approximate surface area is 48.2 Å². The van der Waals surface area contributed by atoms with Crippen LogP contribution in [0.5, 0.6) is 0 Å². The third-order valence-corrected chi connectivity index (χ3v) is 0.628. The predicted molar refractivity (Wildman–Crippen MR) is 29.4 cm³/mol. The van der Waals surface area contributed by atoms with E-state index >= 15 is 0 Å². The van der Waals surface area contributed by atoms with E-state index in [2.05, 4.69) is 0 Å². The minimum Gasteiger partial charge on any atom is -0.286 e. The number of nitrogens with zero attached hydrogens (tertiary/aromatic N) is 1. The predicted octanol–water partition coefficient (Wildman–Crippen LogP) is 0.410. The van der Waals surface area contributed by atoms with Gasteiger partial charge in [-0.05, 0) is 6.92 Å². The lowest BCUT2D eigenvalue weighted by molar-refractivity contribution is -0.153. The number of allylic oxidation sites excluding steroid dienone is 1. The van der Waals surface area contributed by atoms with Gasteiger partial charge in [0.2, 0.25) is 0 Å². The normalized spacial score (nSPS) is 9.88. The van der Waals surface area contributed by atoms with Gasteiger partial charge in [0.05, 0.1) is 0 Å². The second kappa shape index (κ2) is 3.21. The molecule has 0 saturated heterocycles. The van der Waals surface area contributed by atoms with E-state index in [0.717, 1.165) is 0 Å². The Morgan fingerprint density at radius 3 is 2.38 bits per heavy atom. The third kappa shape index (κ3) is 2.36. The number of hydroxylamine groups is 2. The van der Waals surface area contributed by atoms with Crippen LogP contribution in [0.4, 0.5) is 0 Å². The summed E-state index contributed by atoms with van der Waals surface area (Å²) in [7, 11) is 1.28. The molecule has 0 aliphatic heterocycles. The highest BCUT2D eigenvalue weighted by Crippen LogP contribution is 1.78. The molecule has 0 atom stereocenters. The molecule has 0 radical (unpaired) electrons. The molecule has 3 nitrogen and oxygen atoms in total. The molecule has 0 fully saturated rings. The Balaban J connectivity index is 3.66. The highest BCUT2D eigenvalue weighted by molar-refractivity contribution is 5.86. The van der Waals surface area contributed by atoms with Crippen molar-refractivity contribution < 1.29 is 10.0 Å². The average Bonchev–Trinajstić information content (AvgIpc) is 1.67. The number of amides is 1. The van der Waals surface area contributed by atoms with E-state index < -0.39 is 5.91 Å². The Bertz CT molecular complexity index is 107. The van der Waals surface area contributed by atoms with E-state index in [0.29, 0.717) is 5.06 Å². The number of rotatable bonds is 1. The van der Waals surface area contributed by atoms with Crippen molar-refractivity contribution in [3.05, 3.63) is 12.2 Å². The summed E-state index contributed by atoms with van der Waals surface area (Å²) in [4.78, 5) is 10.3. The zero-order valence-electron chi connectivity index (χ0n) is 4.96. The highest BCUT2D eigenvalue weighted by atomic mass is 16.5. The lowest BCUT2D eigenvalue weighted by Crippen LogP contribution is -2.19. The third-order valence-electron chi connectivity index (χ3n) is 0.628. The summed E-state index contributed by atoms with van der Waals surface area (Å²) < 4.78 is 0. The minimum atomic E-state index is -0.410. The number of hydrogen-bond donors (Lipinski definition) is 1. The molecule has 1 amide bonds. The van der Waals surface area contributed by atoms with Crippen molar-refractivity contribution in [2.45, 2.75) is 6.92 Å². The lowest BCUT2D eigenvalue weighted by Gasteiger charge is -2.01. The van der Waals surface area contributed by atoms with Crippen LogP contribution in [0, 0.1) is 0 Å². The van der Waals surface area contributed by atoms with Crippen LogP contribution in [0.15, 0.2) is 12.2 Å². The number of hydrogen-bond acceptors (Lipinski definition) is 2. The van der Waals surface area contributed by atoms with E-state index in [4.69, 9.17) is 5.21 Å². The molecule has 1 N–H and O–H groups in total. The van der Waals surface area contributed by atoms with Crippen molar-refractivity contribution in [2.24, 2.45) is 0 Å². The Morgan fingerprint density at radius 2 is 2.25 bits per heavy atom. The Hall–Kier alpha value is -0.830. The second-order valence-electron chi connectivity index (χ2n) is 1.36. The van der Waals surface area contributed by atoms with Gasteiger partial charge in [-0.15, -0.1) is 0 Å². The molecule has 0 aromatic heterocycles. The van der Waals surface area contributed by atoms with E-state index in [9.17, 15) is 4.79 Å². The largest absolute Gasteiger partial charge is 0.286 e. The minimum absolute atomic E-state index is 0.410. The van der Waals surface area contributed by atoms with Crippen molar-refractivity contribution in [1.29, 1.82) is 0 Å². The molecular weight excluding hydrogens is 106 g/mol. The highest BCUT2D eigenvalue weighted by Gasteiger charge is 1.95. The maximum atomic E-state index is 10.3. The number of carbonyl (C=O) groups excluding carboxylic acids is 1. The topological polar surface area (TPSA) is 40.5 Å². The van der Waals surface area contributed by atoms with E-state index in [-0.39, 0.29) is 0 Å². The zero-order valence-corrected chi connectivity index (χ0v) is 4.96. The van der Waals surface area contributed by atoms with E-state index in [1.165, 1.54) is 13.1 Å². The quantitative estimate of drug-likeness (QED) is 0.305. The van der Waals surface area contributed by atoms with Gasteiger partial charge in [-0.3, -0.25) is 10.0 Å². The van der Waals surface area contributed by atoms with Gasteiger partial charge in [-0.25, -0.2) is 5.06 Å². The van der Waals surface area contributed by atoms with Gasteiger partial charge in [0.1, 0.15) is 0 Å². The summed E-state index contributed by atoms with van der Waals surface area (Å²) in [5, 5.41) is 8.91. The molecule has 0 spiro atoms. The van der Waals surface area contributed by atoms with Crippen molar-refractivity contribution >= 4 is 5.91 Å². The van der Waals surface area contributed by atoms with Gasteiger partial charge < -0.3 is 0 Å². The van der Waals surface area contributed by atoms with Crippen molar-refractivity contribution in [3.63, 3.8) is 0 Å². The van der Waals surface area contributed by atoms with Gasteiger partial charge in [-0.2, -0.15) is 0 Å². The summed E-state index contributed by atoms with van der Waals surface area (Å²) >= 11 is 0. The van der Waals surface area contributed by atoms with Gasteiger partial charge in [0.25, 0.3) is 5.91 Å². The molecule has 0 aromatic carbocycles. The Morgan fingerprint density at radius 1 is 1.75 bits per heavy atom. The van der Waals surface area contributed by atoms with Crippen molar-refractivity contribution in [1.82, 2.24) is 5.06 Å². The molecule has 8 heavy (non-hydrogen) atoms. The first-order valence-electron chi connectivity index (χ1n) is 2.27. The number of carbonyl (C=O) groups is 1. The summed E-state index contributed by atoms with van der Waals surface area (Å²) in [6, 6.07) is 0. The fourth-order valence-corrected chi connectivity index (χ4v) is 0.250. The lowest BCUT2D eigenvalue weighted by atomic mass is 10.5. The van der Waals surface area contributed by atoms with Crippen molar-refractivity contribution in [3.8, 4) is 0 Å². The first kappa shape index (κ1) is 7.17. The van der Waals surface area contributed by atoms with Crippen LogP contribution in [0.2, 0.25) is 0 Å². The zero-order chi connectivity index (χ0) is 6.57. The molecule has 0 saturated carbocycles. The first-order chi connectivity index (χ1) is 3.68. The molecule has 0 aliphatic carbocycles. The van der Waals surface area contributed by atoms with Gasteiger partial charge in [0.15, 0.2) is 0 Å². The maximum absolute atomic E-state index is 10.3. The molecule has 0 rings (SSSR count). The molecule has 46 valence electrons. The van der Waals surface area contributed by atoms with Crippen molar-refractivity contribution in [2.75, 3.05) is 7.05 Å². The summed E-state index contributed by atoms with van der Waals surface area (Å²) in [5.41, 5.74) is 0. The van der Waals surface area contributed by atoms with E-state index in [1.807, 2.05) is 0 Å². The monoisotopic (exact) mass is 115 g/mol. The van der Waals surface area contributed by atoms with Gasteiger partial charge >= 0.3 is 0 Å². The smallest absolute Gasteiger partial charge is 0.269 e. The van der Waals surface area contributed by atoms with Crippen LogP contribution >= 0.6 is 0 Å². The summed E-state index contributed by atoms with van der Waals surface area (Å²) in [6.45, 7) is 1.71. The summed E-state index contributed by atoms with van der Waals surface area (Å²) in [5.74, 6) is -0.410. The summed E-state index contributed by atoms with van der Waals surface area (Å²) in [6.07, 6.45) is 2.84. The standard InChI is InChI=1S/C5H9NO2/c1-3-4-5(7)6(2)8/h3-4,8H,1-2H3/b4-3+. The van der Waals surface area contributed by atoms with Gasteiger partial charge in [-0.1, -0.05) is 6.08 Å². The molecular formula is C5H9NO2. The van der Waals surface area contributed by atoms with Crippen LogP contribution in [-0.4, -0.2) is 23.2 Å². The molecule has 0 aliphatic rings. The molecule has 0 aromatic rings. The SMILES string of the molecule is C/C=C/C(=O)N(C)O. The van der Waals surface area contributed by atoms with E-state index in [1.54, 1.807) is 13.0 Å². The van der Waals surface area contributed by atoms with Gasteiger partial charge in [0, 0.05) is 13.1 Å². The Kier molecular flexibility index (Phi) is 2.88. The molecule has 0 unspecified atom stereocenters.